The van der Waals surface area contributed by atoms with E-state index in [1.54, 1.807) is 0 Å². The highest BCUT2D eigenvalue weighted by atomic mass is 14.6. The van der Waals surface area contributed by atoms with Crippen LogP contribution in [0.4, 0.5) is 11.4 Å². The van der Waals surface area contributed by atoms with Crippen molar-refractivity contribution in [2.75, 3.05) is 11.5 Å². The van der Waals surface area contributed by atoms with E-state index in [1.807, 2.05) is 48.5 Å². The van der Waals surface area contributed by atoms with Crippen LogP contribution in [0.2, 0.25) is 0 Å². The maximum absolute atomic E-state index is 6.25. The molecule has 26 heavy (non-hydrogen) atoms. The van der Waals surface area contributed by atoms with Crippen LogP contribution in [-0.4, -0.2) is 0 Å². The molecule has 0 aliphatic rings. The highest BCUT2D eigenvalue weighted by Crippen LogP contribution is 2.40. The first kappa shape index (κ1) is 16.0. The van der Waals surface area contributed by atoms with Gasteiger partial charge in [0.25, 0.3) is 0 Å². The number of benzene rings is 4. The quantitative estimate of drug-likeness (QED) is 0.461. The summed E-state index contributed by atoms with van der Waals surface area (Å²) in [5.74, 6) is 0. The zero-order chi connectivity index (χ0) is 17.9. The zero-order valence-electron chi connectivity index (χ0n) is 14.4. The molecule has 0 aliphatic heterocycles. The van der Waals surface area contributed by atoms with Crippen LogP contribution < -0.4 is 11.5 Å². The van der Waals surface area contributed by atoms with E-state index in [0.717, 1.165) is 44.8 Å². The summed E-state index contributed by atoms with van der Waals surface area (Å²) in [5.41, 5.74) is 20.7. The standard InChI is InChI=1S/C24H20N2/c25-23-15-7-5-13-21(23)19-11-3-1-9-17(19)18-10-2-4-12-20(18)22-14-6-8-16-24(22)26/h1-16H,25-26H2. The molecule has 0 radical (unpaired) electrons. The summed E-state index contributed by atoms with van der Waals surface area (Å²) in [6.07, 6.45) is 0. The normalized spacial score (nSPS) is 10.6. The van der Waals surface area contributed by atoms with E-state index in [4.69, 9.17) is 11.5 Å². The number of hydrogen-bond acceptors (Lipinski definition) is 2. The van der Waals surface area contributed by atoms with Crippen molar-refractivity contribution in [3.05, 3.63) is 97.1 Å². The zero-order valence-corrected chi connectivity index (χ0v) is 14.4. The second-order valence-corrected chi connectivity index (χ2v) is 6.27. The van der Waals surface area contributed by atoms with Crippen LogP contribution in [0, 0.1) is 0 Å². The third kappa shape index (κ3) is 2.82. The molecule has 0 aliphatic carbocycles. The van der Waals surface area contributed by atoms with Gasteiger partial charge < -0.3 is 11.5 Å². The number of para-hydroxylation sites is 2. The Balaban J connectivity index is 1.97. The van der Waals surface area contributed by atoms with Gasteiger partial charge in [-0.15, -0.1) is 0 Å². The van der Waals surface area contributed by atoms with Gasteiger partial charge >= 0.3 is 0 Å². The molecule has 0 saturated heterocycles. The number of nitrogens with two attached hydrogens (primary N) is 2. The fourth-order valence-corrected chi connectivity index (χ4v) is 3.39. The second kappa shape index (κ2) is 6.77. The molecule has 0 saturated carbocycles. The van der Waals surface area contributed by atoms with Crippen LogP contribution in [0.5, 0.6) is 0 Å². The molecular formula is C24H20N2. The molecular weight excluding hydrogens is 316 g/mol. The van der Waals surface area contributed by atoms with Crippen molar-refractivity contribution in [2.24, 2.45) is 0 Å². The van der Waals surface area contributed by atoms with Crippen molar-refractivity contribution < 1.29 is 0 Å². The van der Waals surface area contributed by atoms with E-state index in [2.05, 4.69) is 48.5 Å². The fourth-order valence-electron chi connectivity index (χ4n) is 3.39. The topological polar surface area (TPSA) is 52.0 Å². The monoisotopic (exact) mass is 336 g/mol. The predicted octanol–water partition coefficient (Wildman–Crippen LogP) is 5.85. The first-order chi connectivity index (χ1) is 12.8. The largest absolute Gasteiger partial charge is 0.398 e. The molecule has 0 spiro atoms. The molecule has 0 fully saturated rings. The molecule has 0 heterocycles. The number of hydrogen-bond donors (Lipinski definition) is 2. The molecule has 2 heteroatoms. The predicted molar refractivity (Wildman–Crippen MR) is 112 cm³/mol. The Bertz CT molecular complexity index is 980. The van der Waals surface area contributed by atoms with E-state index in [1.165, 1.54) is 0 Å². The van der Waals surface area contributed by atoms with Gasteiger partial charge in [-0.3, -0.25) is 0 Å². The SMILES string of the molecule is Nc1ccccc1-c1ccccc1-c1ccccc1-c1ccccc1N. The van der Waals surface area contributed by atoms with E-state index >= 15 is 0 Å². The molecule has 4 aromatic rings. The second-order valence-electron chi connectivity index (χ2n) is 6.27. The smallest absolute Gasteiger partial charge is 0.0393 e. The molecule has 0 unspecified atom stereocenters. The third-order valence-corrected chi connectivity index (χ3v) is 4.65. The summed E-state index contributed by atoms with van der Waals surface area (Å²) in [4.78, 5) is 0. The Morgan fingerprint density at radius 1 is 0.308 bits per heavy atom. The lowest BCUT2D eigenvalue weighted by atomic mass is 9.88. The van der Waals surface area contributed by atoms with E-state index < -0.39 is 0 Å². The average molecular weight is 336 g/mol. The first-order valence-electron chi connectivity index (χ1n) is 8.64. The molecule has 0 aromatic heterocycles. The number of nitrogen functional groups attached to an aromatic ring is 2. The Hall–Kier alpha value is -3.52. The van der Waals surface area contributed by atoms with Crippen LogP contribution in [0.3, 0.4) is 0 Å². The highest BCUT2D eigenvalue weighted by Gasteiger charge is 2.14. The first-order valence-corrected chi connectivity index (χ1v) is 8.64. The maximum Gasteiger partial charge on any atom is 0.0393 e. The number of rotatable bonds is 3. The summed E-state index contributed by atoms with van der Waals surface area (Å²) < 4.78 is 0. The van der Waals surface area contributed by atoms with Gasteiger partial charge in [-0.05, 0) is 34.4 Å². The molecule has 126 valence electrons. The Morgan fingerprint density at radius 3 is 0.846 bits per heavy atom. The summed E-state index contributed by atoms with van der Waals surface area (Å²) in [7, 11) is 0. The maximum atomic E-state index is 6.25. The number of anilines is 2. The summed E-state index contributed by atoms with van der Waals surface area (Å²) in [6.45, 7) is 0. The van der Waals surface area contributed by atoms with Crippen molar-refractivity contribution in [1.82, 2.24) is 0 Å². The minimum atomic E-state index is 0.775. The van der Waals surface area contributed by atoms with Crippen molar-refractivity contribution >= 4 is 11.4 Å². The van der Waals surface area contributed by atoms with E-state index in [9.17, 15) is 0 Å². The summed E-state index contributed by atoms with van der Waals surface area (Å²) >= 11 is 0. The van der Waals surface area contributed by atoms with Gasteiger partial charge in [0.2, 0.25) is 0 Å². The molecule has 4 aromatic carbocycles. The van der Waals surface area contributed by atoms with Crippen LogP contribution in [0.25, 0.3) is 33.4 Å². The van der Waals surface area contributed by atoms with Gasteiger partial charge in [0.1, 0.15) is 0 Å². The van der Waals surface area contributed by atoms with Crippen molar-refractivity contribution in [3.8, 4) is 33.4 Å². The van der Waals surface area contributed by atoms with Crippen LogP contribution in [0.1, 0.15) is 0 Å². The average Bonchev–Trinajstić information content (AvgIpc) is 2.69. The lowest BCUT2D eigenvalue weighted by Gasteiger charge is -2.16. The molecule has 0 bridgehead atoms. The van der Waals surface area contributed by atoms with Crippen molar-refractivity contribution in [1.29, 1.82) is 0 Å². The lowest BCUT2D eigenvalue weighted by Crippen LogP contribution is -1.94. The van der Waals surface area contributed by atoms with E-state index in [-0.39, 0.29) is 0 Å². The fraction of sp³-hybridized carbons (Fsp3) is 0. The summed E-state index contributed by atoms with van der Waals surface area (Å²) in [6, 6.07) is 32.7. The van der Waals surface area contributed by atoms with Crippen molar-refractivity contribution in [2.45, 2.75) is 0 Å². The van der Waals surface area contributed by atoms with Crippen LogP contribution >= 0.6 is 0 Å². The summed E-state index contributed by atoms with van der Waals surface area (Å²) in [5, 5.41) is 0. The third-order valence-electron chi connectivity index (χ3n) is 4.65. The Kier molecular flexibility index (Phi) is 4.16. The van der Waals surface area contributed by atoms with Crippen LogP contribution in [0.15, 0.2) is 97.1 Å². The molecule has 2 nitrogen and oxygen atoms in total. The molecule has 0 atom stereocenters. The Labute approximate surface area is 153 Å². The van der Waals surface area contributed by atoms with Gasteiger partial charge in [-0.25, -0.2) is 0 Å². The molecule has 4 rings (SSSR count). The van der Waals surface area contributed by atoms with Gasteiger partial charge in [0, 0.05) is 22.5 Å². The van der Waals surface area contributed by atoms with Gasteiger partial charge in [-0.1, -0.05) is 84.9 Å². The highest BCUT2D eigenvalue weighted by molar-refractivity contribution is 5.95. The van der Waals surface area contributed by atoms with Crippen molar-refractivity contribution in [3.63, 3.8) is 0 Å². The molecule has 0 amide bonds. The van der Waals surface area contributed by atoms with Gasteiger partial charge in [0.15, 0.2) is 0 Å². The van der Waals surface area contributed by atoms with Gasteiger partial charge in [-0.2, -0.15) is 0 Å². The van der Waals surface area contributed by atoms with E-state index in [0.29, 0.717) is 0 Å². The minimum absolute atomic E-state index is 0.775. The minimum Gasteiger partial charge on any atom is -0.398 e. The van der Waals surface area contributed by atoms with Gasteiger partial charge in [0.05, 0.1) is 0 Å². The van der Waals surface area contributed by atoms with Crippen LogP contribution in [-0.2, 0) is 0 Å². The molecule has 4 N–H and O–H groups in total. The Morgan fingerprint density at radius 2 is 0.538 bits per heavy atom. The lowest BCUT2D eigenvalue weighted by molar-refractivity contribution is 1.56.